The first-order valence-electron chi connectivity index (χ1n) is 7.94. The highest BCUT2D eigenvalue weighted by Gasteiger charge is 2.16. The molecule has 0 aliphatic rings. The Morgan fingerprint density at radius 3 is 2.46 bits per heavy atom. The normalized spacial score (nSPS) is 10.3. The van der Waals surface area contributed by atoms with Gasteiger partial charge in [-0.2, -0.15) is 0 Å². The fraction of sp³-hybridized carbons (Fsp3) is 0.0556. The lowest BCUT2D eigenvalue weighted by atomic mass is 10.3. The number of nitrogens with one attached hydrogen (secondary N) is 1. The first-order valence-corrected chi connectivity index (χ1v) is 7.94. The van der Waals surface area contributed by atoms with E-state index in [2.05, 4.69) is 10.3 Å². The average Bonchev–Trinajstić information content (AvgIpc) is 3.17. The van der Waals surface area contributed by atoms with Gasteiger partial charge in [0.2, 0.25) is 0 Å². The van der Waals surface area contributed by atoms with Crippen LogP contribution in [-0.2, 0) is 9.53 Å². The highest BCUT2D eigenvalue weighted by molar-refractivity contribution is 5.95. The van der Waals surface area contributed by atoms with Gasteiger partial charge in [-0.1, -0.05) is 0 Å². The monoisotopic (exact) mass is 384 g/mol. The molecule has 0 bridgehead atoms. The lowest BCUT2D eigenvalue weighted by molar-refractivity contribution is -0.384. The van der Waals surface area contributed by atoms with Crippen molar-refractivity contribution in [3.8, 4) is 5.69 Å². The molecule has 1 heterocycles. The molecule has 1 aromatic heterocycles. The molecular formula is C18H13FN4O5. The van der Waals surface area contributed by atoms with Crippen LogP contribution in [0.2, 0.25) is 0 Å². The van der Waals surface area contributed by atoms with Gasteiger partial charge in [0.15, 0.2) is 12.3 Å². The Hall–Kier alpha value is -4.08. The fourth-order valence-electron chi connectivity index (χ4n) is 2.32. The minimum Gasteiger partial charge on any atom is -0.451 e. The molecule has 0 unspecified atom stereocenters. The molecular weight excluding hydrogens is 371 g/mol. The topological polar surface area (TPSA) is 116 Å². The van der Waals surface area contributed by atoms with Gasteiger partial charge in [-0.15, -0.1) is 0 Å². The zero-order chi connectivity index (χ0) is 20.1. The fourth-order valence-corrected chi connectivity index (χ4v) is 2.32. The number of anilines is 1. The summed E-state index contributed by atoms with van der Waals surface area (Å²) in [5, 5.41) is 13.1. The van der Waals surface area contributed by atoms with Crippen molar-refractivity contribution in [1.82, 2.24) is 9.55 Å². The van der Waals surface area contributed by atoms with E-state index in [9.17, 15) is 24.1 Å². The van der Waals surface area contributed by atoms with Crippen molar-refractivity contribution in [3.05, 3.63) is 82.7 Å². The number of ether oxygens (including phenoxy) is 1. The Balaban J connectivity index is 1.60. The summed E-state index contributed by atoms with van der Waals surface area (Å²) >= 11 is 0. The summed E-state index contributed by atoms with van der Waals surface area (Å²) < 4.78 is 19.4. The summed E-state index contributed by atoms with van der Waals surface area (Å²) in [7, 11) is 0. The summed E-state index contributed by atoms with van der Waals surface area (Å²) in [6.45, 7) is -0.565. The number of carbonyl (C=O) groups is 2. The quantitative estimate of drug-likeness (QED) is 0.397. The third-order valence-corrected chi connectivity index (χ3v) is 3.65. The zero-order valence-electron chi connectivity index (χ0n) is 14.2. The summed E-state index contributed by atoms with van der Waals surface area (Å²) in [6, 6.07) is 10.6. The highest BCUT2D eigenvalue weighted by atomic mass is 19.1. The van der Waals surface area contributed by atoms with E-state index in [0.717, 1.165) is 0 Å². The van der Waals surface area contributed by atoms with Crippen LogP contribution in [0.15, 0.2) is 61.1 Å². The molecule has 0 spiro atoms. The molecule has 28 heavy (non-hydrogen) atoms. The minimum absolute atomic E-state index is 0.0646. The Morgan fingerprint density at radius 2 is 1.82 bits per heavy atom. The number of imidazole rings is 1. The number of halogens is 1. The van der Waals surface area contributed by atoms with Crippen molar-refractivity contribution in [2.24, 2.45) is 0 Å². The molecule has 0 saturated carbocycles. The van der Waals surface area contributed by atoms with Crippen molar-refractivity contribution in [2.45, 2.75) is 0 Å². The molecule has 0 radical (unpaired) electrons. The number of esters is 1. The van der Waals surface area contributed by atoms with Gasteiger partial charge in [-0.25, -0.2) is 14.2 Å². The van der Waals surface area contributed by atoms with E-state index < -0.39 is 29.2 Å². The van der Waals surface area contributed by atoms with Crippen molar-refractivity contribution >= 4 is 23.3 Å². The molecule has 142 valence electrons. The summed E-state index contributed by atoms with van der Waals surface area (Å²) in [4.78, 5) is 38.1. The number of nitro groups is 1. The van der Waals surface area contributed by atoms with Crippen molar-refractivity contribution in [2.75, 3.05) is 11.9 Å². The molecule has 9 nitrogen and oxygen atoms in total. The Bertz CT molecular complexity index is 1020. The molecule has 10 heteroatoms. The zero-order valence-corrected chi connectivity index (χ0v) is 14.2. The summed E-state index contributed by atoms with van der Waals surface area (Å²) in [6.07, 6.45) is 2.63. The Labute approximate surface area is 157 Å². The van der Waals surface area contributed by atoms with E-state index in [1.807, 2.05) is 0 Å². The number of hydrogen-bond donors (Lipinski definition) is 1. The predicted molar refractivity (Wildman–Crippen MR) is 95.5 cm³/mol. The first kappa shape index (κ1) is 18.7. The van der Waals surface area contributed by atoms with Gasteiger partial charge >= 0.3 is 5.97 Å². The van der Waals surface area contributed by atoms with Gasteiger partial charge in [-0.3, -0.25) is 19.5 Å². The number of benzene rings is 2. The average molecular weight is 384 g/mol. The second-order valence-corrected chi connectivity index (χ2v) is 5.55. The standard InChI is InChI=1S/C18H13FN4O5/c19-12-1-5-14(6-2-12)22-11-20-9-16(22)18(25)28-10-17(24)21-13-3-7-15(8-4-13)23(26)27/h1-9,11H,10H2,(H,21,24). The molecule has 1 amide bonds. The second-order valence-electron chi connectivity index (χ2n) is 5.55. The van der Waals surface area contributed by atoms with Crippen LogP contribution in [0.4, 0.5) is 15.8 Å². The smallest absolute Gasteiger partial charge is 0.357 e. The molecule has 0 atom stereocenters. The van der Waals surface area contributed by atoms with Gasteiger partial charge in [0, 0.05) is 23.5 Å². The molecule has 3 rings (SSSR count). The highest BCUT2D eigenvalue weighted by Crippen LogP contribution is 2.16. The van der Waals surface area contributed by atoms with Crippen LogP contribution in [0.5, 0.6) is 0 Å². The SMILES string of the molecule is O=C(COC(=O)c1cncn1-c1ccc(F)cc1)Nc1ccc([N+](=O)[O-])cc1. The van der Waals surface area contributed by atoms with Gasteiger partial charge in [0.25, 0.3) is 11.6 Å². The van der Waals surface area contributed by atoms with E-state index in [4.69, 9.17) is 4.74 Å². The van der Waals surface area contributed by atoms with Gasteiger partial charge in [0.1, 0.15) is 5.82 Å². The van der Waals surface area contributed by atoms with E-state index in [1.165, 1.54) is 65.6 Å². The number of nitro benzene ring substituents is 1. The van der Waals surface area contributed by atoms with E-state index in [0.29, 0.717) is 11.4 Å². The molecule has 0 saturated heterocycles. The number of rotatable bonds is 6. The molecule has 2 aromatic carbocycles. The van der Waals surface area contributed by atoms with Crippen molar-refractivity contribution in [1.29, 1.82) is 0 Å². The number of amides is 1. The van der Waals surface area contributed by atoms with Crippen molar-refractivity contribution < 1.29 is 23.6 Å². The third kappa shape index (κ3) is 4.36. The van der Waals surface area contributed by atoms with Crippen LogP contribution in [-0.4, -0.2) is 33.0 Å². The van der Waals surface area contributed by atoms with Crippen LogP contribution in [0.25, 0.3) is 5.69 Å². The minimum atomic E-state index is -0.791. The summed E-state index contributed by atoms with van der Waals surface area (Å²) in [5.41, 5.74) is 0.775. The molecule has 3 aromatic rings. The van der Waals surface area contributed by atoms with Crippen molar-refractivity contribution in [3.63, 3.8) is 0 Å². The number of hydrogen-bond acceptors (Lipinski definition) is 6. The lowest BCUT2D eigenvalue weighted by Crippen LogP contribution is -2.22. The first-order chi connectivity index (χ1) is 13.4. The van der Waals surface area contributed by atoms with Crippen LogP contribution in [0.1, 0.15) is 10.5 Å². The van der Waals surface area contributed by atoms with Crippen LogP contribution in [0, 0.1) is 15.9 Å². The maximum absolute atomic E-state index is 13.0. The van der Waals surface area contributed by atoms with Crippen LogP contribution >= 0.6 is 0 Å². The molecule has 0 fully saturated rings. The van der Waals surface area contributed by atoms with E-state index in [-0.39, 0.29) is 11.4 Å². The molecule has 0 aliphatic heterocycles. The number of nitrogens with zero attached hydrogens (tertiary/aromatic N) is 3. The molecule has 0 aliphatic carbocycles. The lowest BCUT2D eigenvalue weighted by Gasteiger charge is -2.09. The third-order valence-electron chi connectivity index (χ3n) is 3.65. The predicted octanol–water partition coefficient (Wildman–Crippen LogP) is 2.72. The van der Waals surface area contributed by atoms with Gasteiger partial charge < -0.3 is 10.1 Å². The van der Waals surface area contributed by atoms with Gasteiger partial charge in [0.05, 0.1) is 17.4 Å². The Morgan fingerprint density at radius 1 is 1.14 bits per heavy atom. The number of non-ortho nitro benzene ring substituents is 1. The Kier molecular flexibility index (Phi) is 5.40. The van der Waals surface area contributed by atoms with Crippen LogP contribution in [0.3, 0.4) is 0 Å². The number of carbonyl (C=O) groups excluding carboxylic acids is 2. The van der Waals surface area contributed by atoms with E-state index >= 15 is 0 Å². The maximum Gasteiger partial charge on any atom is 0.357 e. The van der Waals surface area contributed by atoms with Crippen LogP contribution < -0.4 is 5.32 Å². The van der Waals surface area contributed by atoms with Gasteiger partial charge in [-0.05, 0) is 36.4 Å². The number of aromatic nitrogens is 2. The second kappa shape index (κ2) is 8.08. The molecule has 1 N–H and O–H groups in total. The maximum atomic E-state index is 13.0. The van der Waals surface area contributed by atoms with E-state index in [1.54, 1.807) is 0 Å². The summed E-state index contributed by atoms with van der Waals surface area (Å²) in [5.74, 6) is -1.83. The largest absolute Gasteiger partial charge is 0.451 e.